The van der Waals surface area contributed by atoms with E-state index in [0.29, 0.717) is 12.5 Å². The van der Waals surface area contributed by atoms with Crippen molar-refractivity contribution in [1.29, 1.82) is 0 Å². The van der Waals surface area contributed by atoms with Crippen molar-refractivity contribution in [3.8, 4) is 0 Å². The highest BCUT2D eigenvalue weighted by atomic mass is 16.7. The average Bonchev–Trinajstić information content (AvgIpc) is 2.53. The summed E-state index contributed by atoms with van der Waals surface area (Å²) >= 11 is 0. The molecule has 0 aromatic heterocycles. The van der Waals surface area contributed by atoms with Crippen molar-refractivity contribution in [3.63, 3.8) is 0 Å². The van der Waals surface area contributed by atoms with E-state index in [0.717, 1.165) is 19.3 Å². The SMILES string of the molecule is CC(=O)OC[C@H]1O[C@H](OCCC(C)CCC=C(C)C)C=C[C@H]1OC(C)=O. The Bertz CT molecular complexity index is 506. The smallest absolute Gasteiger partial charge is 0.303 e. The molecule has 1 heterocycles. The molecule has 0 bridgehead atoms. The zero-order valence-corrected chi connectivity index (χ0v) is 16.5. The lowest BCUT2D eigenvalue weighted by Gasteiger charge is -2.31. The van der Waals surface area contributed by atoms with Gasteiger partial charge in [-0.1, -0.05) is 18.6 Å². The van der Waals surface area contributed by atoms with Gasteiger partial charge in [-0.25, -0.2) is 0 Å². The second kappa shape index (κ2) is 11.9. The van der Waals surface area contributed by atoms with E-state index < -0.39 is 30.4 Å². The van der Waals surface area contributed by atoms with Gasteiger partial charge >= 0.3 is 11.9 Å². The normalized spacial score (nSPS) is 23.2. The van der Waals surface area contributed by atoms with Crippen LogP contribution in [0.2, 0.25) is 0 Å². The highest BCUT2D eigenvalue weighted by molar-refractivity contribution is 5.66. The third-order valence-corrected chi connectivity index (χ3v) is 3.99. The summed E-state index contributed by atoms with van der Waals surface area (Å²) in [7, 11) is 0. The number of carbonyl (C=O) groups is 2. The lowest BCUT2D eigenvalue weighted by molar-refractivity contribution is -0.197. The van der Waals surface area contributed by atoms with Gasteiger partial charge in [-0.3, -0.25) is 9.59 Å². The van der Waals surface area contributed by atoms with Gasteiger partial charge in [0.15, 0.2) is 6.29 Å². The van der Waals surface area contributed by atoms with Crippen molar-refractivity contribution >= 4 is 11.9 Å². The first-order valence-corrected chi connectivity index (χ1v) is 9.17. The maximum absolute atomic E-state index is 11.2. The van der Waals surface area contributed by atoms with Crippen LogP contribution in [0.5, 0.6) is 0 Å². The lowest BCUT2D eigenvalue weighted by atomic mass is 10.0. The van der Waals surface area contributed by atoms with Crippen LogP contribution in [-0.4, -0.2) is 43.7 Å². The van der Waals surface area contributed by atoms with E-state index in [1.807, 2.05) is 0 Å². The highest BCUT2D eigenvalue weighted by Gasteiger charge is 2.31. The minimum atomic E-state index is -0.588. The van der Waals surface area contributed by atoms with E-state index in [1.165, 1.54) is 19.4 Å². The first-order valence-electron chi connectivity index (χ1n) is 9.17. The van der Waals surface area contributed by atoms with Gasteiger partial charge in [0.25, 0.3) is 0 Å². The number of allylic oxidation sites excluding steroid dienone is 2. The fourth-order valence-corrected chi connectivity index (χ4v) is 2.54. The average molecular weight is 368 g/mol. The van der Waals surface area contributed by atoms with E-state index in [-0.39, 0.29) is 6.61 Å². The molecule has 1 rings (SSSR count). The van der Waals surface area contributed by atoms with Gasteiger partial charge in [-0.15, -0.1) is 0 Å². The van der Waals surface area contributed by atoms with Crippen LogP contribution < -0.4 is 0 Å². The number of ether oxygens (including phenoxy) is 4. The highest BCUT2D eigenvalue weighted by Crippen LogP contribution is 2.19. The third-order valence-electron chi connectivity index (χ3n) is 3.99. The molecular weight excluding hydrogens is 336 g/mol. The summed E-state index contributed by atoms with van der Waals surface area (Å²) in [6, 6.07) is 0. The molecule has 6 nitrogen and oxygen atoms in total. The maximum atomic E-state index is 11.2. The molecule has 1 aliphatic rings. The Morgan fingerprint density at radius 1 is 1.12 bits per heavy atom. The molecule has 0 saturated carbocycles. The largest absolute Gasteiger partial charge is 0.463 e. The molecule has 26 heavy (non-hydrogen) atoms. The fourth-order valence-electron chi connectivity index (χ4n) is 2.54. The molecule has 0 amide bonds. The quantitative estimate of drug-likeness (QED) is 0.434. The summed E-state index contributed by atoms with van der Waals surface area (Å²) in [5.41, 5.74) is 1.34. The van der Waals surface area contributed by atoms with Crippen molar-refractivity contribution < 1.29 is 28.5 Å². The van der Waals surface area contributed by atoms with Crippen LogP contribution in [0.3, 0.4) is 0 Å². The number of rotatable bonds is 10. The maximum Gasteiger partial charge on any atom is 0.303 e. The van der Waals surface area contributed by atoms with Crippen LogP contribution in [0.1, 0.15) is 53.9 Å². The summed E-state index contributed by atoms with van der Waals surface area (Å²) in [5, 5.41) is 0. The first kappa shape index (κ1) is 22.4. The van der Waals surface area contributed by atoms with E-state index in [2.05, 4.69) is 26.8 Å². The Morgan fingerprint density at radius 2 is 1.85 bits per heavy atom. The van der Waals surface area contributed by atoms with E-state index in [4.69, 9.17) is 18.9 Å². The van der Waals surface area contributed by atoms with Gasteiger partial charge in [-0.05, 0) is 51.2 Å². The van der Waals surface area contributed by atoms with Crippen LogP contribution in [0.15, 0.2) is 23.8 Å². The zero-order valence-electron chi connectivity index (χ0n) is 16.5. The van der Waals surface area contributed by atoms with E-state index >= 15 is 0 Å². The Hall–Kier alpha value is -1.66. The van der Waals surface area contributed by atoms with Crippen molar-refractivity contribution in [2.75, 3.05) is 13.2 Å². The van der Waals surface area contributed by atoms with Gasteiger partial charge in [0.05, 0.1) is 6.61 Å². The lowest BCUT2D eigenvalue weighted by Crippen LogP contribution is -2.42. The molecule has 0 saturated heterocycles. The molecule has 4 atom stereocenters. The van der Waals surface area contributed by atoms with Crippen LogP contribution in [0.25, 0.3) is 0 Å². The van der Waals surface area contributed by atoms with Crippen molar-refractivity contribution in [2.24, 2.45) is 5.92 Å². The van der Waals surface area contributed by atoms with Crippen molar-refractivity contribution in [2.45, 2.75) is 72.4 Å². The molecule has 0 aliphatic carbocycles. The summed E-state index contributed by atoms with van der Waals surface area (Å²) in [4.78, 5) is 22.2. The Labute approximate surface area is 156 Å². The summed E-state index contributed by atoms with van der Waals surface area (Å²) < 4.78 is 21.7. The van der Waals surface area contributed by atoms with Crippen LogP contribution in [-0.2, 0) is 28.5 Å². The second-order valence-electron chi connectivity index (χ2n) is 6.93. The van der Waals surface area contributed by atoms with E-state index in [9.17, 15) is 9.59 Å². The van der Waals surface area contributed by atoms with Crippen molar-refractivity contribution in [3.05, 3.63) is 23.8 Å². The minimum Gasteiger partial charge on any atom is -0.463 e. The van der Waals surface area contributed by atoms with Gasteiger partial charge < -0.3 is 18.9 Å². The molecule has 0 aromatic carbocycles. The monoisotopic (exact) mass is 368 g/mol. The second-order valence-corrected chi connectivity index (χ2v) is 6.93. The Kier molecular flexibility index (Phi) is 10.2. The molecule has 1 unspecified atom stereocenters. The van der Waals surface area contributed by atoms with Gasteiger partial charge in [0, 0.05) is 13.8 Å². The number of hydrogen-bond acceptors (Lipinski definition) is 6. The molecule has 148 valence electrons. The van der Waals surface area contributed by atoms with E-state index in [1.54, 1.807) is 12.2 Å². The molecule has 0 aromatic rings. The van der Waals surface area contributed by atoms with Crippen LogP contribution in [0.4, 0.5) is 0 Å². The summed E-state index contributed by atoms with van der Waals surface area (Å²) in [5.74, 6) is -0.267. The number of hydrogen-bond donors (Lipinski definition) is 0. The minimum absolute atomic E-state index is 0.0105. The predicted octanol–water partition coefficient (Wildman–Crippen LogP) is 3.55. The number of carbonyl (C=O) groups excluding carboxylic acids is 2. The molecule has 0 fully saturated rings. The Balaban J connectivity index is 2.43. The molecule has 1 aliphatic heterocycles. The van der Waals surface area contributed by atoms with Gasteiger partial charge in [0.1, 0.15) is 18.8 Å². The van der Waals surface area contributed by atoms with Crippen LogP contribution >= 0.6 is 0 Å². The summed E-state index contributed by atoms with van der Waals surface area (Å²) in [6.07, 6.45) is 7.14. The Morgan fingerprint density at radius 3 is 2.46 bits per heavy atom. The standard InChI is InChI=1S/C20H32O6/c1-14(2)7-6-8-15(3)11-12-23-20-10-9-18(25-17(5)22)19(26-20)13-24-16(4)21/h7,9-10,15,18-20H,6,8,11-13H2,1-5H3/t15?,18-,19-,20+/m1/s1. The first-order chi connectivity index (χ1) is 12.3. The van der Waals surface area contributed by atoms with Gasteiger partial charge in [-0.2, -0.15) is 0 Å². The topological polar surface area (TPSA) is 71.1 Å². The predicted molar refractivity (Wildman–Crippen MR) is 98.4 cm³/mol. The zero-order chi connectivity index (χ0) is 19.5. The van der Waals surface area contributed by atoms with Gasteiger partial charge in [0.2, 0.25) is 0 Å². The molecule has 0 N–H and O–H groups in total. The van der Waals surface area contributed by atoms with Crippen molar-refractivity contribution in [1.82, 2.24) is 0 Å². The third kappa shape index (κ3) is 9.73. The summed E-state index contributed by atoms with van der Waals surface area (Å²) in [6.45, 7) is 9.66. The fraction of sp³-hybridized carbons (Fsp3) is 0.700. The molecular formula is C20H32O6. The molecule has 0 radical (unpaired) electrons. The van der Waals surface area contributed by atoms with Crippen LogP contribution in [0, 0.1) is 5.92 Å². The number of esters is 2. The molecule has 6 heteroatoms. The molecule has 0 spiro atoms.